The van der Waals surface area contributed by atoms with Crippen LogP contribution in [0, 0.1) is 18.8 Å². The highest BCUT2D eigenvalue weighted by Gasteiger charge is 2.27. The molecule has 0 aromatic carbocycles. The van der Waals surface area contributed by atoms with Crippen molar-refractivity contribution in [1.82, 2.24) is 5.43 Å². The summed E-state index contributed by atoms with van der Waals surface area (Å²) in [6, 6.07) is 2.56. The van der Waals surface area contributed by atoms with E-state index in [0.29, 0.717) is 6.04 Å². The molecule has 1 saturated carbocycles. The minimum atomic E-state index is 0.368. The van der Waals surface area contributed by atoms with E-state index >= 15 is 0 Å². The van der Waals surface area contributed by atoms with Crippen LogP contribution in [-0.4, -0.2) is 0 Å². The second-order valence-corrected chi connectivity index (χ2v) is 6.08. The highest BCUT2D eigenvalue weighted by Crippen LogP contribution is 2.38. The number of thiophene rings is 1. The van der Waals surface area contributed by atoms with Gasteiger partial charge < -0.3 is 0 Å². The van der Waals surface area contributed by atoms with E-state index in [1.165, 1.54) is 36.1 Å². The van der Waals surface area contributed by atoms with Gasteiger partial charge in [0.25, 0.3) is 0 Å². The van der Waals surface area contributed by atoms with Crippen LogP contribution in [0.4, 0.5) is 0 Å². The first-order chi connectivity index (χ1) is 7.72. The fourth-order valence-electron chi connectivity index (χ4n) is 2.75. The number of rotatable bonds is 3. The van der Waals surface area contributed by atoms with Gasteiger partial charge in [-0.05, 0) is 48.6 Å². The van der Waals surface area contributed by atoms with Crippen LogP contribution in [0.3, 0.4) is 0 Å². The molecule has 16 heavy (non-hydrogen) atoms. The Hall–Kier alpha value is -0.380. The normalized spacial score (nSPS) is 27.9. The average Bonchev–Trinajstić information content (AvgIpc) is 2.69. The van der Waals surface area contributed by atoms with Crippen molar-refractivity contribution in [3.8, 4) is 0 Å². The summed E-state index contributed by atoms with van der Waals surface area (Å²) in [5, 5.41) is 2.17. The Kier molecular flexibility index (Phi) is 4.00. The summed E-state index contributed by atoms with van der Waals surface area (Å²) in [5.41, 5.74) is 4.42. The van der Waals surface area contributed by atoms with Crippen molar-refractivity contribution in [1.29, 1.82) is 0 Å². The van der Waals surface area contributed by atoms with Crippen molar-refractivity contribution in [3.05, 3.63) is 21.9 Å². The van der Waals surface area contributed by atoms with Crippen LogP contribution in [0.2, 0.25) is 0 Å². The lowest BCUT2D eigenvalue weighted by atomic mass is 9.78. The van der Waals surface area contributed by atoms with E-state index < -0.39 is 0 Å². The molecule has 0 amide bonds. The molecule has 90 valence electrons. The maximum Gasteiger partial charge on any atom is 0.0584 e. The zero-order valence-electron chi connectivity index (χ0n) is 10.2. The van der Waals surface area contributed by atoms with Gasteiger partial charge in [0, 0.05) is 4.88 Å². The molecule has 1 aromatic heterocycles. The predicted octanol–water partition coefficient (Wildman–Crippen LogP) is 3.39. The molecule has 1 fully saturated rings. The Balaban J connectivity index is 2.08. The SMILES string of the molecule is Cc1ccsc1C(NN)C1CCC(C)CC1. The minimum Gasteiger partial charge on any atom is -0.271 e. The maximum absolute atomic E-state index is 5.76. The number of hydrazine groups is 1. The molecule has 2 nitrogen and oxygen atoms in total. The molecule has 0 bridgehead atoms. The molecule has 0 saturated heterocycles. The van der Waals surface area contributed by atoms with Gasteiger partial charge in [-0.2, -0.15) is 0 Å². The number of hydrogen-bond donors (Lipinski definition) is 2. The molecule has 1 atom stereocenters. The van der Waals surface area contributed by atoms with Gasteiger partial charge in [0.15, 0.2) is 0 Å². The third kappa shape index (κ3) is 2.47. The van der Waals surface area contributed by atoms with Crippen LogP contribution in [0.5, 0.6) is 0 Å². The smallest absolute Gasteiger partial charge is 0.0584 e. The molecular weight excluding hydrogens is 216 g/mol. The van der Waals surface area contributed by atoms with Crippen LogP contribution in [0.15, 0.2) is 11.4 Å². The van der Waals surface area contributed by atoms with E-state index in [9.17, 15) is 0 Å². The maximum atomic E-state index is 5.76. The summed E-state index contributed by atoms with van der Waals surface area (Å²) >= 11 is 1.83. The van der Waals surface area contributed by atoms with Gasteiger partial charge in [-0.25, -0.2) is 0 Å². The highest BCUT2D eigenvalue weighted by molar-refractivity contribution is 7.10. The van der Waals surface area contributed by atoms with E-state index in [0.717, 1.165) is 11.8 Å². The van der Waals surface area contributed by atoms with Crippen LogP contribution < -0.4 is 11.3 Å². The van der Waals surface area contributed by atoms with E-state index in [1.807, 2.05) is 11.3 Å². The lowest BCUT2D eigenvalue weighted by Gasteiger charge is -2.32. The average molecular weight is 238 g/mol. The second kappa shape index (κ2) is 5.30. The molecule has 3 heteroatoms. The Labute approximate surface area is 102 Å². The quantitative estimate of drug-likeness (QED) is 0.626. The van der Waals surface area contributed by atoms with Gasteiger partial charge in [-0.1, -0.05) is 19.8 Å². The summed E-state index contributed by atoms with van der Waals surface area (Å²) in [6.45, 7) is 4.54. The largest absolute Gasteiger partial charge is 0.271 e. The zero-order valence-corrected chi connectivity index (χ0v) is 11.0. The third-order valence-electron chi connectivity index (χ3n) is 3.90. The Morgan fingerprint density at radius 2 is 2.06 bits per heavy atom. The number of hydrogen-bond acceptors (Lipinski definition) is 3. The van der Waals surface area contributed by atoms with Gasteiger partial charge >= 0.3 is 0 Å². The van der Waals surface area contributed by atoms with Crippen molar-refractivity contribution in [2.24, 2.45) is 17.7 Å². The first-order valence-corrected chi connectivity index (χ1v) is 7.10. The van der Waals surface area contributed by atoms with Gasteiger partial charge in [0.1, 0.15) is 0 Å². The van der Waals surface area contributed by atoms with Crippen LogP contribution in [0.1, 0.15) is 49.1 Å². The predicted molar refractivity (Wildman–Crippen MR) is 70.2 cm³/mol. The van der Waals surface area contributed by atoms with Crippen molar-refractivity contribution in [3.63, 3.8) is 0 Å². The molecule has 0 radical (unpaired) electrons. The van der Waals surface area contributed by atoms with E-state index in [2.05, 4.69) is 30.7 Å². The first kappa shape index (κ1) is 12.1. The standard InChI is InChI=1S/C13H22N2S/c1-9-3-5-11(6-4-9)12(15-14)13-10(2)7-8-16-13/h7-9,11-12,15H,3-6,14H2,1-2H3. The zero-order chi connectivity index (χ0) is 11.5. The minimum absolute atomic E-state index is 0.368. The van der Waals surface area contributed by atoms with Crippen molar-refractivity contribution >= 4 is 11.3 Å². The van der Waals surface area contributed by atoms with E-state index in [-0.39, 0.29) is 0 Å². The van der Waals surface area contributed by atoms with E-state index in [1.54, 1.807) is 0 Å². The summed E-state index contributed by atoms with van der Waals surface area (Å²) in [5.74, 6) is 7.38. The topological polar surface area (TPSA) is 38.0 Å². The fraction of sp³-hybridized carbons (Fsp3) is 0.692. The summed E-state index contributed by atoms with van der Waals surface area (Å²) in [7, 11) is 0. The van der Waals surface area contributed by atoms with E-state index in [4.69, 9.17) is 5.84 Å². The summed E-state index contributed by atoms with van der Waals surface area (Å²) in [4.78, 5) is 1.43. The Bertz CT molecular complexity index is 326. The van der Waals surface area contributed by atoms with Gasteiger partial charge in [-0.15, -0.1) is 11.3 Å². The highest BCUT2D eigenvalue weighted by atomic mass is 32.1. The third-order valence-corrected chi connectivity index (χ3v) is 5.00. The van der Waals surface area contributed by atoms with Crippen molar-refractivity contribution < 1.29 is 0 Å². The monoisotopic (exact) mass is 238 g/mol. The van der Waals surface area contributed by atoms with Crippen molar-refractivity contribution in [2.45, 2.75) is 45.6 Å². The molecule has 1 aliphatic carbocycles. The van der Waals surface area contributed by atoms with Gasteiger partial charge in [0.2, 0.25) is 0 Å². The molecule has 0 aliphatic heterocycles. The lowest BCUT2D eigenvalue weighted by molar-refractivity contribution is 0.234. The first-order valence-electron chi connectivity index (χ1n) is 6.22. The van der Waals surface area contributed by atoms with Crippen molar-refractivity contribution in [2.75, 3.05) is 0 Å². The van der Waals surface area contributed by atoms with Gasteiger partial charge in [-0.3, -0.25) is 11.3 Å². The fourth-order valence-corrected chi connectivity index (χ4v) is 3.83. The molecule has 2 rings (SSSR count). The summed E-state index contributed by atoms with van der Waals surface area (Å²) in [6.07, 6.45) is 5.33. The molecule has 1 unspecified atom stereocenters. The van der Waals surface area contributed by atoms with Crippen LogP contribution in [0.25, 0.3) is 0 Å². The Morgan fingerprint density at radius 3 is 2.56 bits per heavy atom. The number of nitrogens with one attached hydrogen (secondary N) is 1. The molecule has 1 aromatic rings. The van der Waals surface area contributed by atoms with Gasteiger partial charge in [0.05, 0.1) is 6.04 Å². The number of aryl methyl sites for hydroxylation is 1. The van der Waals surface area contributed by atoms with Crippen LogP contribution >= 0.6 is 11.3 Å². The lowest BCUT2D eigenvalue weighted by Crippen LogP contribution is -2.35. The summed E-state index contributed by atoms with van der Waals surface area (Å²) < 4.78 is 0. The molecule has 3 N–H and O–H groups in total. The molecule has 1 aliphatic rings. The van der Waals surface area contributed by atoms with Crippen LogP contribution in [-0.2, 0) is 0 Å². The number of nitrogens with two attached hydrogens (primary N) is 1. The molecular formula is C13H22N2S. The Morgan fingerprint density at radius 1 is 1.38 bits per heavy atom. The molecule has 0 spiro atoms. The molecule has 1 heterocycles. The second-order valence-electron chi connectivity index (χ2n) is 5.13.